The van der Waals surface area contributed by atoms with E-state index < -0.39 is 53.9 Å². The van der Waals surface area contributed by atoms with Crippen LogP contribution in [0.5, 0.6) is 5.75 Å². The summed E-state index contributed by atoms with van der Waals surface area (Å²) in [5.41, 5.74) is -1.33. The number of hydrogen-bond donors (Lipinski definition) is 2. The average Bonchev–Trinajstić information content (AvgIpc) is 3.10. The number of aromatic carboxylic acids is 1. The van der Waals surface area contributed by atoms with E-state index in [0.717, 1.165) is 17.1 Å². The van der Waals surface area contributed by atoms with Gasteiger partial charge in [0.25, 0.3) is 6.43 Å². The number of alkyl halides is 5. The summed E-state index contributed by atoms with van der Waals surface area (Å²) in [7, 11) is 1.18. The molecule has 12 heteroatoms. The number of carboxylic acid groups (broad SMARTS) is 1. The van der Waals surface area contributed by atoms with E-state index in [-0.39, 0.29) is 11.3 Å². The Morgan fingerprint density at radius 2 is 1.76 bits per heavy atom. The second-order valence-electron chi connectivity index (χ2n) is 7.57. The Morgan fingerprint density at radius 1 is 1.12 bits per heavy atom. The van der Waals surface area contributed by atoms with E-state index >= 15 is 0 Å². The molecule has 0 aliphatic carbocycles. The van der Waals surface area contributed by atoms with E-state index in [0.29, 0.717) is 5.56 Å². The van der Waals surface area contributed by atoms with Crippen LogP contribution < -0.4 is 10.1 Å². The van der Waals surface area contributed by atoms with Crippen molar-refractivity contribution in [3.63, 3.8) is 0 Å². The molecular formula is C22H20F5N3O4. The molecule has 2 N–H and O–H groups in total. The summed E-state index contributed by atoms with van der Waals surface area (Å²) in [4.78, 5) is 24.0. The summed E-state index contributed by atoms with van der Waals surface area (Å²) in [6.07, 6.45) is -9.32. The molecule has 0 radical (unpaired) electrons. The fourth-order valence-corrected chi connectivity index (χ4v) is 3.43. The number of amides is 1. The van der Waals surface area contributed by atoms with Crippen molar-refractivity contribution in [2.45, 2.75) is 31.8 Å². The van der Waals surface area contributed by atoms with E-state index in [1.165, 1.54) is 50.4 Å². The summed E-state index contributed by atoms with van der Waals surface area (Å²) in [6, 6.07) is 9.33. The number of benzene rings is 2. The molecule has 2 aromatic carbocycles. The van der Waals surface area contributed by atoms with Gasteiger partial charge in [0.1, 0.15) is 11.7 Å². The van der Waals surface area contributed by atoms with Crippen LogP contribution >= 0.6 is 0 Å². The fraction of sp³-hybridized carbons (Fsp3) is 0.318. The number of carbonyl (C=O) groups is 2. The normalized spacial score (nSPS) is 19.1. The highest BCUT2D eigenvalue weighted by atomic mass is 19.4. The van der Waals surface area contributed by atoms with Gasteiger partial charge in [-0.3, -0.25) is 9.80 Å². The van der Waals surface area contributed by atoms with Crippen molar-refractivity contribution in [2.24, 2.45) is 11.0 Å². The molecule has 1 aliphatic rings. The van der Waals surface area contributed by atoms with Gasteiger partial charge in [0.15, 0.2) is 5.71 Å². The quantitative estimate of drug-likeness (QED) is 0.568. The standard InChI is InChI=1S/C22H20F5N3O4/c1-11(12-6-8-13(9-7-12)21(32)33)28-19(31)16-17(22(25,26)27)29-30(2)20(16)34-15-5-3-4-14(10-15)18(23)24/h3-11,16,18,20H,1-2H3,(H,28,31)(H,32,33)/t11-,16?,20?/m0/s1. The van der Waals surface area contributed by atoms with Gasteiger partial charge < -0.3 is 15.2 Å². The molecule has 0 aromatic heterocycles. The van der Waals surface area contributed by atoms with Crippen LogP contribution in [0.3, 0.4) is 0 Å². The largest absolute Gasteiger partial charge is 0.478 e. The first-order valence-electron chi connectivity index (χ1n) is 9.95. The molecule has 1 aliphatic heterocycles. The third-order valence-corrected chi connectivity index (χ3v) is 5.17. The lowest BCUT2D eigenvalue weighted by atomic mass is 9.99. The van der Waals surface area contributed by atoms with E-state index in [1.807, 2.05) is 0 Å². The molecule has 0 spiro atoms. The van der Waals surface area contributed by atoms with Crippen LogP contribution in [-0.2, 0) is 4.79 Å². The molecule has 2 aromatic rings. The average molecular weight is 485 g/mol. The van der Waals surface area contributed by atoms with Gasteiger partial charge in [0.05, 0.1) is 11.6 Å². The van der Waals surface area contributed by atoms with Crippen molar-refractivity contribution in [1.82, 2.24) is 10.3 Å². The van der Waals surface area contributed by atoms with Crippen molar-refractivity contribution in [2.75, 3.05) is 7.05 Å². The van der Waals surface area contributed by atoms with Crippen molar-refractivity contribution in [3.05, 3.63) is 65.2 Å². The Kier molecular flexibility index (Phi) is 7.08. The van der Waals surface area contributed by atoms with E-state index in [4.69, 9.17) is 9.84 Å². The Labute approximate surface area is 190 Å². The summed E-state index contributed by atoms with van der Waals surface area (Å²) in [5, 5.41) is 15.7. The highest BCUT2D eigenvalue weighted by Crippen LogP contribution is 2.34. The molecule has 3 atom stereocenters. The first-order chi connectivity index (χ1) is 15.9. The lowest BCUT2D eigenvalue weighted by Crippen LogP contribution is -2.48. The van der Waals surface area contributed by atoms with Crippen molar-refractivity contribution in [1.29, 1.82) is 0 Å². The second-order valence-corrected chi connectivity index (χ2v) is 7.57. The zero-order chi connectivity index (χ0) is 25.2. The molecule has 7 nitrogen and oxygen atoms in total. The number of hydrazone groups is 1. The number of nitrogens with zero attached hydrogens (tertiary/aromatic N) is 2. The molecule has 34 heavy (non-hydrogen) atoms. The number of nitrogens with one attached hydrogen (secondary N) is 1. The van der Waals surface area contributed by atoms with Crippen LogP contribution in [0.1, 0.15) is 40.9 Å². The van der Waals surface area contributed by atoms with Crippen molar-refractivity contribution in [3.8, 4) is 5.75 Å². The minimum absolute atomic E-state index is 0.00526. The van der Waals surface area contributed by atoms with Gasteiger partial charge in [0, 0.05) is 12.6 Å². The van der Waals surface area contributed by atoms with Gasteiger partial charge in [-0.1, -0.05) is 24.3 Å². The minimum atomic E-state index is -4.95. The van der Waals surface area contributed by atoms with Gasteiger partial charge in [-0.15, -0.1) is 0 Å². The number of ether oxygens (including phenoxy) is 1. The van der Waals surface area contributed by atoms with Crippen LogP contribution in [0, 0.1) is 5.92 Å². The predicted octanol–water partition coefficient (Wildman–Crippen LogP) is 4.38. The van der Waals surface area contributed by atoms with Gasteiger partial charge in [0.2, 0.25) is 12.1 Å². The molecule has 182 valence electrons. The molecule has 2 unspecified atom stereocenters. The van der Waals surface area contributed by atoms with Crippen LogP contribution in [0.4, 0.5) is 22.0 Å². The van der Waals surface area contributed by atoms with E-state index in [9.17, 15) is 31.5 Å². The fourth-order valence-electron chi connectivity index (χ4n) is 3.43. The highest BCUT2D eigenvalue weighted by molar-refractivity contribution is 6.08. The summed E-state index contributed by atoms with van der Waals surface area (Å²) < 4.78 is 72.5. The molecule has 1 amide bonds. The number of carboxylic acids is 1. The van der Waals surface area contributed by atoms with Crippen LogP contribution in [0.2, 0.25) is 0 Å². The third-order valence-electron chi connectivity index (χ3n) is 5.17. The van der Waals surface area contributed by atoms with E-state index in [1.54, 1.807) is 0 Å². The predicted molar refractivity (Wildman–Crippen MR) is 111 cm³/mol. The zero-order valence-electron chi connectivity index (χ0n) is 17.9. The maximum absolute atomic E-state index is 13.7. The zero-order valence-corrected chi connectivity index (χ0v) is 17.9. The molecule has 0 bridgehead atoms. The Bertz CT molecular complexity index is 1090. The molecule has 3 rings (SSSR count). The second kappa shape index (κ2) is 9.65. The van der Waals surface area contributed by atoms with Crippen LogP contribution in [-0.4, -0.2) is 47.2 Å². The van der Waals surface area contributed by atoms with Gasteiger partial charge in [-0.25, -0.2) is 13.6 Å². The Morgan fingerprint density at radius 3 is 2.32 bits per heavy atom. The number of carbonyl (C=O) groups excluding carboxylic acids is 1. The molecule has 0 fully saturated rings. The van der Waals surface area contributed by atoms with Crippen molar-refractivity contribution < 1.29 is 41.4 Å². The van der Waals surface area contributed by atoms with Gasteiger partial charge in [-0.05, 0) is 36.8 Å². The SMILES string of the molecule is C[C@H](NC(=O)C1C(C(F)(F)F)=NN(C)C1Oc1cccc(C(F)F)c1)c1ccc(C(=O)O)cc1. The Hall–Kier alpha value is -3.70. The Balaban J connectivity index is 1.85. The maximum Gasteiger partial charge on any atom is 0.432 e. The van der Waals surface area contributed by atoms with Crippen molar-refractivity contribution >= 4 is 17.6 Å². The summed E-state index contributed by atoms with van der Waals surface area (Å²) >= 11 is 0. The lowest BCUT2D eigenvalue weighted by molar-refractivity contribution is -0.129. The number of halogens is 5. The maximum atomic E-state index is 13.7. The lowest BCUT2D eigenvalue weighted by Gasteiger charge is -2.27. The highest BCUT2D eigenvalue weighted by Gasteiger charge is 2.54. The summed E-state index contributed by atoms with van der Waals surface area (Å²) in [6.45, 7) is 1.51. The van der Waals surface area contributed by atoms with E-state index in [2.05, 4.69) is 10.4 Å². The first kappa shape index (κ1) is 24.9. The molecule has 0 saturated heterocycles. The van der Waals surface area contributed by atoms with Crippen LogP contribution in [0.25, 0.3) is 0 Å². The minimum Gasteiger partial charge on any atom is -0.478 e. The number of hydrogen-bond acceptors (Lipinski definition) is 5. The molecule has 1 heterocycles. The first-order valence-corrected chi connectivity index (χ1v) is 9.95. The molecule has 0 saturated carbocycles. The van der Waals surface area contributed by atoms with Crippen LogP contribution in [0.15, 0.2) is 53.6 Å². The van der Waals surface area contributed by atoms with Gasteiger partial charge in [-0.2, -0.15) is 18.3 Å². The van der Waals surface area contributed by atoms with Gasteiger partial charge >= 0.3 is 12.1 Å². The smallest absolute Gasteiger partial charge is 0.432 e. The third kappa shape index (κ3) is 5.43. The summed E-state index contributed by atoms with van der Waals surface area (Å²) in [5.74, 6) is -4.27. The number of rotatable bonds is 7. The topological polar surface area (TPSA) is 91.2 Å². The monoisotopic (exact) mass is 485 g/mol. The molecular weight excluding hydrogens is 465 g/mol.